The Balaban J connectivity index is 2.85. The number of aliphatic hydroxyl groups is 1. The van der Waals surface area contributed by atoms with Gasteiger partial charge in [0, 0.05) is 0 Å². The fourth-order valence-corrected chi connectivity index (χ4v) is 1.10. The lowest BCUT2D eigenvalue weighted by molar-refractivity contribution is 0.218. The van der Waals surface area contributed by atoms with E-state index in [9.17, 15) is 5.11 Å². The van der Waals surface area contributed by atoms with Crippen LogP contribution in [0, 0.1) is 0 Å². The number of hydrogen-bond donors (Lipinski definition) is 4. The third-order valence-electron chi connectivity index (χ3n) is 2.52. The Labute approximate surface area is 89.5 Å². The van der Waals surface area contributed by atoms with Crippen molar-refractivity contribution in [3.8, 4) is 0 Å². The van der Waals surface area contributed by atoms with E-state index < -0.39 is 0 Å². The lowest BCUT2D eigenvalue weighted by Crippen LogP contribution is -2.38. The van der Waals surface area contributed by atoms with Crippen LogP contribution in [-0.4, -0.2) is 22.2 Å². The number of anilines is 3. The molecule has 0 amide bonds. The van der Waals surface area contributed by atoms with Gasteiger partial charge in [-0.1, -0.05) is 6.92 Å². The van der Waals surface area contributed by atoms with Crippen molar-refractivity contribution < 1.29 is 5.11 Å². The predicted molar refractivity (Wildman–Crippen MR) is 62.5 cm³/mol. The van der Waals surface area contributed by atoms with Crippen molar-refractivity contribution in [3.05, 3.63) is 12.1 Å². The van der Waals surface area contributed by atoms with Crippen LogP contribution in [-0.2, 0) is 0 Å². The third-order valence-corrected chi connectivity index (χ3v) is 2.52. The molecule has 0 aliphatic rings. The summed E-state index contributed by atoms with van der Waals surface area (Å²) in [5.74, 6) is 0.927. The molecule has 0 saturated heterocycles. The zero-order valence-electron chi connectivity index (χ0n) is 9.12. The van der Waals surface area contributed by atoms with Crippen LogP contribution in [0.3, 0.4) is 0 Å². The first kappa shape index (κ1) is 11.6. The number of nitrogens with zero attached hydrogens (tertiary/aromatic N) is 1. The van der Waals surface area contributed by atoms with Crippen molar-refractivity contribution in [1.29, 1.82) is 0 Å². The van der Waals surface area contributed by atoms with Gasteiger partial charge in [0.25, 0.3) is 0 Å². The molecule has 5 nitrogen and oxygen atoms in total. The number of hydrogen-bond acceptors (Lipinski definition) is 5. The van der Waals surface area contributed by atoms with Crippen LogP contribution in [0.4, 0.5) is 17.3 Å². The van der Waals surface area contributed by atoms with Gasteiger partial charge in [0.05, 0.1) is 17.8 Å². The van der Waals surface area contributed by atoms with Crippen LogP contribution in [0.15, 0.2) is 12.1 Å². The maximum Gasteiger partial charge on any atom is 0.149 e. The minimum absolute atomic E-state index is 0.0372. The Hall–Kier alpha value is -1.49. The van der Waals surface area contributed by atoms with E-state index in [0.717, 1.165) is 6.42 Å². The fraction of sp³-hybridized carbons (Fsp3) is 0.500. The normalized spacial score (nSPS) is 14.6. The number of aliphatic hydroxyl groups excluding tert-OH is 1. The molecule has 1 aromatic rings. The Kier molecular flexibility index (Phi) is 3.36. The molecule has 0 bridgehead atoms. The van der Waals surface area contributed by atoms with E-state index in [0.29, 0.717) is 17.3 Å². The zero-order valence-corrected chi connectivity index (χ0v) is 9.12. The Morgan fingerprint density at radius 1 is 1.47 bits per heavy atom. The maximum absolute atomic E-state index is 9.22. The Morgan fingerprint density at radius 3 is 2.60 bits per heavy atom. The monoisotopic (exact) mass is 210 g/mol. The van der Waals surface area contributed by atoms with Crippen LogP contribution < -0.4 is 16.8 Å². The standard InChI is InChI=1S/C10H18N4O/c1-3-10(2,6-15)14-8-5-4-7(11)9(12)13-8/h4-5,15H,3,6,11H2,1-2H3,(H3,12,13,14). The van der Waals surface area contributed by atoms with Crippen molar-refractivity contribution in [2.45, 2.75) is 25.8 Å². The second kappa shape index (κ2) is 4.35. The highest BCUT2D eigenvalue weighted by Crippen LogP contribution is 2.19. The summed E-state index contributed by atoms with van der Waals surface area (Å²) < 4.78 is 0. The number of aromatic nitrogens is 1. The van der Waals surface area contributed by atoms with Gasteiger partial charge in [-0.25, -0.2) is 4.98 Å². The molecule has 5 heteroatoms. The van der Waals surface area contributed by atoms with Gasteiger partial charge in [-0.15, -0.1) is 0 Å². The highest BCUT2D eigenvalue weighted by atomic mass is 16.3. The molecule has 0 aliphatic carbocycles. The summed E-state index contributed by atoms with van der Waals surface area (Å²) in [6, 6.07) is 3.44. The first-order valence-electron chi connectivity index (χ1n) is 4.92. The van der Waals surface area contributed by atoms with Gasteiger partial charge in [-0.3, -0.25) is 0 Å². The van der Waals surface area contributed by atoms with Crippen molar-refractivity contribution in [3.63, 3.8) is 0 Å². The molecule has 1 heterocycles. The molecule has 1 atom stereocenters. The lowest BCUT2D eigenvalue weighted by Gasteiger charge is -2.27. The molecular weight excluding hydrogens is 192 g/mol. The molecule has 84 valence electrons. The summed E-state index contributed by atoms with van der Waals surface area (Å²) in [6.45, 7) is 3.95. The van der Waals surface area contributed by atoms with Crippen LogP contribution in [0.2, 0.25) is 0 Å². The quantitative estimate of drug-likeness (QED) is 0.590. The molecular formula is C10H18N4O. The number of pyridine rings is 1. The number of nitrogen functional groups attached to an aromatic ring is 2. The average molecular weight is 210 g/mol. The molecule has 15 heavy (non-hydrogen) atoms. The summed E-state index contributed by atoms with van der Waals surface area (Å²) in [5, 5.41) is 12.4. The maximum atomic E-state index is 9.22. The average Bonchev–Trinajstić information content (AvgIpc) is 2.23. The minimum atomic E-state index is -0.379. The third kappa shape index (κ3) is 2.73. The van der Waals surface area contributed by atoms with Crippen LogP contribution in [0.1, 0.15) is 20.3 Å². The highest BCUT2D eigenvalue weighted by Gasteiger charge is 2.20. The summed E-state index contributed by atoms with van der Waals surface area (Å²) in [6.07, 6.45) is 0.787. The van der Waals surface area contributed by atoms with E-state index in [2.05, 4.69) is 10.3 Å². The Morgan fingerprint density at radius 2 is 2.13 bits per heavy atom. The zero-order chi connectivity index (χ0) is 11.5. The van der Waals surface area contributed by atoms with Gasteiger partial charge >= 0.3 is 0 Å². The Bertz CT molecular complexity index is 336. The number of nitrogens with two attached hydrogens (primary N) is 2. The fourth-order valence-electron chi connectivity index (χ4n) is 1.10. The van der Waals surface area contributed by atoms with E-state index >= 15 is 0 Å². The second-order valence-electron chi connectivity index (χ2n) is 3.87. The highest BCUT2D eigenvalue weighted by molar-refractivity contribution is 5.61. The SMILES string of the molecule is CCC(C)(CO)Nc1ccc(N)c(N)n1. The van der Waals surface area contributed by atoms with Crippen LogP contribution >= 0.6 is 0 Å². The molecule has 0 fully saturated rings. The second-order valence-corrected chi connectivity index (χ2v) is 3.87. The summed E-state index contributed by atoms with van der Waals surface area (Å²) in [4.78, 5) is 4.08. The largest absolute Gasteiger partial charge is 0.396 e. The molecule has 1 aromatic heterocycles. The molecule has 0 spiro atoms. The molecule has 0 aromatic carbocycles. The number of rotatable bonds is 4. The topological polar surface area (TPSA) is 97.2 Å². The van der Waals surface area contributed by atoms with Gasteiger partial charge in [-0.05, 0) is 25.5 Å². The molecule has 1 rings (SSSR count). The van der Waals surface area contributed by atoms with E-state index in [1.165, 1.54) is 0 Å². The van der Waals surface area contributed by atoms with Gasteiger partial charge in [-0.2, -0.15) is 0 Å². The van der Waals surface area contributed by atoms with E-state index in [1.54, 1.807) is 12.1 Å². The summed E-state index contributed by atoms with van der Waals surface area (Å²) >= 11 is 0. The van der Waals surface area contributed by atoms with Gasteiger partial charge in [0.15, 0.2) is 0 Å². The molecule has 0 aliphatic heterocycles. The van der Waals surface area contributed by atoms with Crippen molar-refractivity contribution in [2.75, 3.05) is 23.4 Å². The molecule has 1 unspecified atom stereocenters. The predicted octanol–water partition coefficient (Wildman–Crippen LogP) is 0.819. The van der Waals surface area contributed by atoms with Gasteiger partial charge in [0.1, 0.15) is 11.6 Å². The van der Waals surface area contributed by atoms with Gasteiger partial charge < -0.3 is 21.9 Å². The number of nitrogens with one attached hydrogen (secondary N) is 1. The van der Waals surface area contributed by atoms with Crippen LogP contribution in [0.5, 0.6) is 0 Å². The summed E-state index contributed by atoms with van der Waals surface area (Å²) in [7, 11) is 0. The van der Waals surface area contributed by atoms with E-state index in [4.69, 9.17) is 11.5 Å². The first-order chi connectivity index (χ1) is 7.00. The summed E-state index contributed by atoms with van der Waals surface area (Å²) in [5.41, 5.74) is 11.2. The molecule has 0 radical (unpaired) electrons. The lowest BCUT2D eigenvalue weighted by atomic mass is 10.0. The van der Waals surface area contributed by atoms with Crippen molar-refractivity contribution in [1.82, 2.24) is 4.98 Å². The molecule has 0 saturated carbocycles. The van der Waals surface area contributed by atoms with E-state index in [-0.39, 0.29) is 12.1 Å². The van der Waals surface area contributed by atoms with Crippen LogP contribution in [0.25, 0.3) is 0 Å². The van der Waals surface area contributed by atoms with Crippen molar-refractivity contribution >= 4 is 17.3 Å². The van der Waals surface area contributed by atoms with Gasteiger partial charge in [0.2, 0.25) is 0 Å². The molecule has 6 N–H and O–H groups in total. The minimum Gasteiger partial charge on any atom is -0.396 e. The smallest absolute Gasteiger partial charge is 0.149 e. The van der Waals surface area contributed by atoms with Crippen molar-refractivity contribution in [2.24, 2.45) is 0 Å². The van der Waals surface area contributed by atoms with E-state index in [1.807, 2.05) is 13.8 Å². The first-order valence-corrected chi connectivity index (χ1v) is 4.92.